The molecule has 42 heavy (non-hydrogen) atoms. The first-order chi connectivity index (χ1) is 20.2. The summed E-state index contributed by atoms with van der Waals surface area (Å²) in [6.07, 6.45) is 2.01. The number of hydrogen-bond acceptors (Lipinski definition) is 6. The molecule has 2 amide bonds. The van der Waals surface area contributed by atoms with Crippen molar-refractivity contribution in [1.82, 2.24) is 10.2 Å². The number of benzene rings is 3. The number of ether oxygens (including phenoxy) is 2. The number of carbonyl (C=O) groups excluding carboxylic acids is 2. The highest BCUT2D eigenvalue weighted by molar-refractivity contribution is 7.92. The standard InChI is InChI=1S/C31H38ClN3O6S/c1-5-7-18-33-31(37)27(6-2)34(21-23-12-11-13-25(19-23)40-3)30(36)22-35(28-20-24(32)16-17-29(28)41-4)42(38,39)26-14-9-8-10-15-26/h8-17,19-20,27H,5-7,18,21-22H2,1-4H3,(H,33,37)/t27-/m0/s1. The number of halogens is 1. The van der Waals surface area contributed by atoms with E-state index in [0.29, 0.717) is 18.7 Å². The second-order valence-electron chi connectivity index (χ2n) is 9.58. The first-order valence-electron chi connectivity index (χ1n) is 13.8. The molecule has 0 spiro atoms. The molecule has 0 bridgehead atoms. The SMILES string of the molecule is CCCCNC(=O)[C@H](CC)N(Cc1cccc(OC)c1)C(=O)CN(c1cc(Cl)ccc1OC)S(=O)(=O)c1ccccc1. The smallest absolute Gasteiger partial charge is 0.264 e. The summed E-state index contributed by atoms with van der Waals surface area (Å²) in [6, 6.07) is 18.7. The summed E-state index contributed by atoms with van der Waals surface area (Å²) in [5.41, 5.74) is 0.823. The van der Waals surface area contributed by atoms with Gasteiger partial charge in [0.15, 0.2) is 0 Å². The van der Waals surface area contributed by atoms with Crippen LogP contribution in [0.3, 0.4) is 0 Å². The molecule has 0 aromatic heterocycles. The number of anilines is 1. The molecule has 3 aromatic rings. The lowest BCUT2D eigenvalue weighted by atomic mass is 10.1. The highest BCUT2D eigenvalue weighted by Gasteiger charge is 2.34. The van der Waals surface area contributed by atoms with Gasteiger partial charge in [-0.3, -0.25) is 13.9 Å². The topological polar surface area (TPSA) is 105 Å². The average molecular weight is 616 g/mol. The van der Waals surface area contributed by atoms with Crippen LogP contribution in [0, 0.1) is 0 Å². The first-order valence-corrected chi connectivity index (χ1v) is 15.6. The lowest BCUT2D eigenvalue weighted by molar-refractivity contribution is -0.140. The number of sulfonamides is 1. The Morgan fingerprint density at radius 3 is 2.33 bits per heavy atom. The Morgan fingerprint density at radius 1 is 0.952 bits per heavy atom. The van der Waals surface area contributed by atoms with E-state index in [2.05, 4.69) is 5.32 Å². The Hall–Kier alpha value is -3.76. The largest absolute Gasteiger partial charge is 0.497 e. The Labute approximate surface area is 253 Å². The monoisotopic (exact) mass is 615 g/mol. The predicted molar refractivity (Wildman–Crippen MR) is 165 cm³/mol. The van der Waals surface area contributed by atoms with Crippen LogP contribution in [0.25, 0.3) is 0 Å². The zero-order chi connectivity index (χ0) is 30.7. The van der Waals surface area contributed by atoms with Gasteiger partial charge in [-0.1, -0.05) is 62.2 Å². The van der Waals surface area contributed by atoms with Crippen LogP contribution in [-0.4, -0.2) is 58.5 Å². The Bertz CT molecular complexity index is 1450. The predicted octanol–water partition coefficient (Wildman–Crippen LogP) is 5.28. The van der Waals surface area contributed by atoms with Gasteiger partial charge in [0.2, 0.25) is 11.8 Å². The van der Waals surface area contributed by atoms with Crippen LogP contribution in [-0.2, 0) is 26.2 Å². The van der Waals surface area contributed by atoms with Gasteiger partial charge in [-0.25, -0.2) is 8.42 Å². The Kier molecular flexibility index (Phi) is 12.1. The van der Waals surface area contributed by atoms with Crippen molar-refractivity contribution in [2.75, 3.05) is 31.6 Å². The molecular formula is C31H38ClN3O6S. The second-order valence-corrected chi connectivity index (χ2v) is 11.9. The number of nitrogens with one attached hydrogen (secondary N) is 1. The number of carbonyl (C=O) groups is 2. The van der Waals surface area contributed by atoms with Crippen LogP contribution in [0.15, 0.2) is 77.7 Å². The van der Waals surface area contributed by atoms with Crippen LogP contribution in [0.2, 0.25) is 5.02 Å². The lowest BCUT2D eigenvalue weighted by Gasteiger charge is -2.33. The highest BCUT2D eigenvalue weighted by Crippen LogP contribution is 2.35. The molecule has 3 aromatic carbocycles. The molecule has 3 rings (SSSR count). The molecule has 11 heteroatoms. The van der Waals surface area contributed by atoms with Crippen molar-refractivity contribution in [3.63, 3.8) is 0 Å². The molecule has 0 radical (unpaired) electrons. The van der Waals surface area contributed by atoms with Crippen LogP contribution in [0.4, 0.5) is 5.69 Å². The van der Waals surface area contributed by atoms with E-state index in [1.807, 2.05) is 19.9 Å². The third-order valence-corrected chi connectivity index (χ3v) is 8.73. The van der Waals surface area contributed by atoms with Crippen molar-refractivity contribution >= 4 is 39.1 Å². The maximum absolute atomic E-state index is 14.2. The molecule has 0 saturated heterocycles. The Balaban J connectivity index is 2.10. The first kappa shape index (κ1) is 32.8. The molecular weight excluding hydrogens is 578 g/mol. The van der Waals surface area contributed by atoms with Gasteiger partial charge in [0.05, 0.1) is 24.8 Å². The van der Waals surface area contributed by atoms with Gasteiger partial charge in [0.1, 0.15) is 24.1 Å². The van der Waals surface area contributed by atoms with Gasteiger partial charge in [-0.15, -0.1) is 0 Å². The molecule has 0 saturated carbocycles. The molecule has 0 heterocycles. The van der Waals surface area contributed by atoms with Crippen molar-refractivity contribution in [3.05, 3.63) is 83.4 Å². The maximum Gasteiger partial charge on any atom is 0.264 e. The summed E-state index contributed by atoms with van der Waals surface area (Å²) >= 11 is 6.29. The third kappa shape index (κ3) is 8.17. The van der Waals surface area contributed by atoms with E-state index in [1.54, 1.807) is 55.6 Å². The lowest BCUT2D eigenvalue weighted by Crippen LogP contribution is -2.52. The minimum atomic E-state index is -4.26. The van der Waals surface area contributed by atoms with Gasteiger partial charge in [0.25, 0.3) is 10.0 Å². The highest BCUT2D eigenvalue weighted by atomic mass is 35.5. The maximum atomic E-state index is 14.2. The fraction of sp³-hybridized carbons (Fsp3) is 0.355. The average Bonchev–Trinajstić information content (AvgIpc) is 3.00. The number of nitrogens with zero attached hydrogens (tertiary/aromatic N) is 2. The van der Waals surface area contributed by atoms with Gasteiger partial charge < -0.3 is 19.7 Å². The van der Waals surface area contributed by atoms with Crippen molar-refractivity contribution < 1.29 is 27.5 Å². The van der Waals surface area contributed by atoms with E-state index >= 15 is 0 Å². The molecule has 226 valence electrons. The molecule has 1 N–H and O–H groups in total. The Morgan fingerprint density at radius 2 is 1.69 bits per heavy atom. The number of amides is 2. The van der Waals surface area contributed by atoms with Crippen LogP contribution < -0.4 is 19.1 Å². The minimum Gasteiger partial charge on any atom is -0.497 e. The number of methoxy groups -OCH3 is 2. The second kappa shape index (κ2) is 15.5. The van der Waals surface area contributed by atoms with Crippen LogP contribution >= 0.6 is 11.6 Å². The zero-order valence-electron chi connectivity index (χ0n) is 24.4. The number of hydrogen-bond donors (Lipinski definition) is 1. The van der Waals surface area contributed by atoms with Crippen molar-refractivity contribution in [1.29, 1.82) is 0 Å². The van der Waals surface area contributed by atoms with E-state index in [4.69, 9.17) is 21.1 Å². The van der Waals surface area contributed by atoms with Gasteiger partial charge in [0, 0.05) is 18.1 Å². The molecule has 0 unspecified atom stereocenters. The molecule has 0 aliphatic rings. The molecule has 0 aliphatic heterocycles. The summed E-state index contributed by atoms with van der Waals surface area (Å²) < 4.78 is 39.8. The summed E-state index contributed by atoms with van der Waals surface area (Å²) in [4.78, 5) is 29.0. The zero-order valence-corrected chi connectivity index (χ0v) is 26.0. The minimum absolute atomic E-state index is 0.0106. The van der Waals surface area contributed by atoms with Gasteiger partial charge >= 0.3 is 0 Å². The van der Waals surface area contributed by atoms with Gasteiger partial charge in [-0.2, -0.15) is 0 Å². The van der Waals surface area contributed by atoms with Crippen molar-refractivity contribution in [3.8, 4) is 11.5 Å². The third-order valence-electron chi connectivity index (χ3n) is 6.72. The molecule has 1 atom stereocenters. The van der Waals surface area contributed by atoms with E-state index in [9.17, 15) is 18.0 Å². The fourth-order valence-corrected chi connectivity index (χ4v) is 6.09. The van der Waals surface area contributed by atoms with Crippen molar-refractivity contribution in [2.45, 2.75) is 50.6 Å². The van der Waals surface area contributed by atoms with Crippen molar-refractivity contribution in [2.24, 2.45) is 0 Å². The normalized spacial score (nSPS) is 11.8. The van der Waals surface area contributed by atoms with E-state index < -0.39 is 28.5 Å². The van der Waals surface area contributed by atoms with Crippen LogP contribution in [0.5, 0.6) is 11.5 Å². The van der Waals surface area contributed by atoms with Gasteiger partial charge in [-0.05, 0) is 60.9 Å². The molecule has 0 fully saturated rings. The quantitative estimate of drug-likeness (QED) is 0.233. The fourth-order valence-electron chi connectivity index (χ4n) is 4.48. The van der Waals surface area contributed by atoms with E-state index in [0.717, 1.165) is 22.7 Å². The van der Waals surface area contributed by atoms with E-state index in [-0.39, 0.29) is 33.8 Å². The number of rotatable bonds is 15. The molecule has 9 nitrogen and oxygen atoms in total. The van der Waals surface area contributed by atoms with E-state index in [1.165, 1.54) is 30.2 Å². The summed E-state index contributed by atoms with van der Waals surface area (Å²) in [7, 11) is -1.31. The summed E-state index contributed by atoms with van der Waals surface area (Å²) in [6.45, 7) is 3.77. The molecule has 0 aliphatic carbocycles. The summed E-state index contributed by atoms with van der Waals surface area (Å²) in [5.74, 6) is -0.0652. The number of unbranched alkanes of at least 4 members (excludes halogenated alkanes) is 1. The summed E-state index contributed by atoms with van der Waals surface area (Å²) in [5, 5.41) is 3.18. The van der Waals surface area contributed by atoms with Crippen LogP contribution in [0.1, 0.15) is 38.7 Å².